The van der Waals surface area contributed by atoms with E-state index in [0.29, 0.717) is 7.48 Å². The Kier molecular flexibility index (Phi) is 3.04. The molecule has 2 heteroatoms. The van der Waals surface area contributed by atoms with Crippen molar-refractivity contribution >= 4 is 7.48 Å². The molecule has 0 spiro atoms. The molecule has 0 amide bonds. The summed E-state index contributed by atoms with van der Waals surface area (Å²) in [4.78, 5) is 0. The molecule has 0 aromatic carbocycles. The quantitative estimate of drug-likeness (QED) is 0.413. The fourth-order valence-corrected chi connectivity index (χ4v) is 0. The highest BCUT2D eigenvalue weighted by Crippen LogP contribution is 1.60. The topological polar surface area (TPSA) is 20.2 Å². The van der Waals surface area contributed by atoms with E-state index in [1.165, 1.54) is 0 Å². The molecule has 0 aliphatic rings. The van der Waals surface area contributed by atoms with Gasteiger partial charge >= 0.3 is 0 Å². The third-order valence-electron chi connectivity index (χ3n) is 0.224. The third kappa shape index (κ3) is 2.02. The van der Waals surface area contributed by atoms with E-state index in [1.807, 2.05) is 6.92 Å². The van der Waals surface area contributed by atoms with E-state index in [9.17, 15) is 0 Å². The van der Waals surface area contributed by atoms with Crippen molar-refractivity contribution in [1.82, 2.24) is 0 Å². The van der Waals surface area contributed by atoms with E-state index in [4.69, 9.17) is 5.02 Å². The van der Waals surface area contributed by atoms with Crippen molar-refractivity contribution in [2.45, 2.75) is 13.2 Å². The maximum Gasteiger partial charge on any atom is 0.270 e. The Labute approximate surface area is 26.9 Å². The lowest BCUT2D eigenvalue weighted by Gasteiger charge is -1.64. The average Bonchev–Trinajstić information content (AvgIpc) is 1.37. The number of hydrogen-bond donors (Lipinski definition) is 1. The van der Waals surface area contributed by atoms with Crippen LogP contribution in [0.4, 0.5) is 0 Å². The van der Waals surface area contributed by atoms with Gasteiger partial charge in [0.25, 0.3) is 7.48 Å². The Hall–Kier alpha value is 0.0249. The van der Waals surface area contributed by atoms with E-state index in [0.717, 1.165) is 6.32 Å². The summed E-state index contributed by atoms with van der Waals surface area (Å²) < 4.78 is 0. The molecule has 0 rings (SSSR count). The molecule has 0 unspecified atom stereocenters. The van der Waals surface area contributed by atoms with Gasteiger partial charge in [0.05, 0.1) is 0 Å². The highest BCUT2D eigenvalue weighted by Gasteiger charge is 1.65. The fourth-order valence-electron chi connectivity index (χ4n) is 0. The van der Waals surface area contributed by atoms with Crippen molar-refractivity contribution in [1.29, 1.82) is 0 Å². The minimum absolute atomic E-state index is 0.319. The van der Waals surface area contributed by atoms with E-state index in [-0.39, 0.29) is 0 Å². The van der Waals surface area contributed by atoms with Crippen LogP contribution in [0, 0.1) is 0 Å². The van der Waals surface area contributed by atoms with Crippen LogP contribution < -0.4 is 0 Å². The molecule has 0 heterocycles. The summed E-state index contributed by atoms with van der Waals surface area (Å²) in [6, 6.07) is 0. The highest BCUT2D eigenvalue weighted by molar-refractivity contribution is 6.24. The second kappa shape index (κ2) is 3.02. The van der Waals surface area contributed by atoms with Gasteiger partial charge in [0.2, 0.25) is 0 Å². The SMILES string of the molecule is CCBO. The maximum absolute atomic E-state index is 7.88. The van der Waals surface area contributed by atoms with Crippen LogP contribution in [0.25, 0.3) is 0 Å². The van der Waals surface area contributed by atoms with Crippen LogP contribution in [0.5, 0.6) is 0 Å². The summed E-state index contributed by atoms with van der Waals surface area (Å²) >= 11 is 0. The molecule has 0 bridgehead atoms. The first-order chi connectivity index (χ1) is 1.91. The second-order valence-corrected chi connectivity index (χ2v) is 0.724. The Morgan fingerprint density at radius 2 is 2.25 bits per heavy atom. The monoisotopic (exact) mass is 58.1 g/mol. The van der Waals surface area contributed by atoms with E-state index in [1.54, 1.807) is 0 Å². The van der Waals surface area contributed by atoms with Crippen LogP contribution in [-0.2, 0) is 0 Å². The molecule has 0 saturated carbocycles. The molecule has 0 saturated heterocycles. The van der Waals surface area contributed by atoms with E-state index in [2.05, 4.69) is 0 Å². The lowest BCUT2D eigenvalue weighted by atomic mass is 9.99. The summed E-state index contributed by atoms with van der Waals surface area (Å²) in [5.41, 5.74) is 0. The predicted octanol–water partition coefficient (Wildman–Crippen LogP) is -0.232. The third-order valence-corrected chi connectivity index (χ3v) is 0.224. The minimum atomic E-state index is 0.319. The Balaban J connectivity index is 1.97. The van der Waals surface area contributed by atoms with Gasteiger partial charge in [-0.05, 0) is 0 Å². The van der Waals surface area contributed by atoms with Gasteiger partial charge in [-0.1, -0.05) is 13.2 Å². The van der Waals surface area contributed by atoms with Crippen molar-refractivity contribution < 1.29 is 5.02 Å². The molecular formula is C2H7BO. The lowest BCUT2D eigenvalue weighted by Crippen LogP contribution is -1.75. The van der Waals surface area contributed by atoms with Gasteiger partial charge in [-0.2, -0.15) is 0 Å². The van der Waals surface area contributed by atoms with Gasteiger partial charge in [-0.3, -0.25) is 0 Å². The van der Waals surface area contributed by atoms with Crippen LogP contribution in [-0.4, -0.2) is 12.5 Å². The standard InChI is InChI=1S/C2H7BO/c1-2-3-4/h3-4H,2H2,1H3. The molecular weight excluding hydrogens is 50.8 g/mol. The molecule has 0 aliphatic carbocycles. The van der Waals surface area contributed by atoms with Crippen molar-refractivity contribution in [3.63, 3.8) is 0 Å². The van der Waals surface area contributed by atoms with Gasteiger partial charge in [-0.15, -0.1) is 0 Å². The van der Waals surface area contributed by atoms with Crippen LogP contribution in [0.1, 0.15) is 6.92 Å². The fraction of sp³-hybridized carbons (Fsp3) is 1.00. The van der Waals surface area contributed by atoms with Crippen molar-refractivity contribution in [2.24, 2.45) is 0 Å². The summed E-state index contributed by atoms with van der Waals surface area (Å²) in [7, 11) is 0.319. The normalized spacial score (nSPS) is 6.50. The van der Waals surface area contributed by atoms with Crippen LogP contribution in [0.15, 0.2) is 0 Å². The van der Waals surface area contributed by atoms with Crippen molar-refractivity contribution in [2.75, 3.05) is 0 Å². The largest absolute Gasteiger partial charge is 0.454 e. The predicted molar refractivity (Wildman–Crippen MR) is 19.8 cm³/mol. The van der Waals surface area contributed by atoms with Crippen LogP contribution >= 0.6 is 0 Å². The first-order valence-corrected chi connectivity index (χ1v) is 1.52. The zero-order valence-corrected chi connectivity index (χ0v) is 2.86. The summed E-state index contributed by atoms with van der Waals surface area (Å²) in [5.74, 6) is 0. The van der Waals surface area contributed by atoms with Crippen molar-refractivity contribution in [3.8, 4) is 0 Å². The van der Waals surface area contributed by atoms with E-state index >= 15 is 0 Å². The maximum atomic E-state index is 7.88. The molecule has 4 heavy (non-hydrogen) atoms. The van der Waals surface area contributed by atoms with E-state index < -0.39 is 0 Å². The van der Waals surface area contributed by atoms with Crippen LogP contribution in [0.3, 0.4) is 0 Å². The Morgan fingerprint density at radius 1 is 2.00 bits per heavy atom. The zero-order valence-electron chi connectivity index (χ0n) is 2.86. The van der Waals surface area contributed by atoms with Gasteiger partial charge in [0, 0.05) is 0 Å². The molecule has 0 aromatic heterocycles. The van der Waals surface area contributed by atoms with Gasteiger partial charge in [0.15, 0.2) is 0 Å². The van der Waals surface area contributed by atoms with Crippen molar-refractivity contribution in [3.05, 3.63) is 0 Å². The average molecular weight is 57.9 g/mol. The molecule has 0 radical (unpaired) electrons. The molecule has 0 fully saturated rings. The summed E-state index contributed by atoms with van der Waals surface area (Å²) in [6.07, 6.45) is 0.875. The highest BCUT2D eigenvalue weighted by atomic mass is 16.2. The van der Waals surface area contributed by atoms with Gasteiger partial charge < -0.3 is 5.02 Å². The Bertz CT molecular complexity index is 8.00. The molecule has 0 atom stereocenters. The van der Waals surface area contributed by atoms with Gasteiger partial charge in [-0.25, -0.2) is 0 Å². The smallest absolute Gasteiger partial charge is 0.270 e. The zero-order chi connectivity index (χ0) is 3.41. The number of hydrogen-bond acceptors (Lipinski definition) is 1. The molecule has 1 nitrogen and oxygen atoms in total. The molecule has 1 N–H and O–H groups in total. The number of rotatable bonds is 1. The molecule has 24 valence electrons. The molecule has 0 aliphatic heterocycles. The Morgan fingerprint density at radius 3 is 2.25 bits per heavy atom. The van der Waals surface area contributed by atoms with Crippen LogP contribution in [0.2, 0.25) is 6.32 Å². The first kappa shape index (κ1) is 4.02. The summed E-state index contributed by atoms with van der Waals surface area (Å²) in [6.45, 7) is 1.93. The molecule has 0 aromatic rings. The second-order valence-electron chi connectivity index (χ2n) is 0.724. The lowest BCUT2D eigenvalue weighted by molar-refractivity contribution is 0.602. The van der Waals surface area contributed by atoms with Gasteiger partial charge in [0.1, 0.15) is 0 Å². The first-order valence-electron chi connectivity index (χ1n) is 1.52. The summed E-state index contributed by atoms with van der Waals surface area (Å²) in [5, 5.41) is 7.88. The minimum Gasteiger partial charge on any atom is -0.454 e.